The van der Waals surface area contributed by atoms with Gasteiger partial charge in [-0.1, -0.05) is 37.4 Å². The van der Waals surface area contributed by atoms with E-state index in [1.165, 1.54) is 24.8 Å². The first kappa shape index (κ1) is 16.3. The van der Waals surface area contributed by atoms with Gasteiger partial charge in [0.1, 0.15) is 5.82 Å². The SMILES string of the molecule is Cc1cc(N2CCCCC[C@H]2C2=C(Cl)C=CC(C)C2)nc(N)n1. The fourth-order valence-electron chi connectivity index (χ4n) is 3.63. The van der Waals surface area contributed by atoms with Crippen molar-refractivity contribution in [3.05, 3.63) is 34.5 Å². The minimum Gasteiger partial charge on any atom is -0.368 e. The molecule has 1 unspecified atom stereocenters. The molecular formula is C18H25ClN4. The Morgan fingerprint density at radius 3 is 2.87 bits per heavy atom. The van der Waals surface area contributed by atoms with Gasteiger partial charge in [0.2, 0.25) is 5.95 Å². The zero-order valence-electron chi connectivity index (χ0n) is 13.9. The Morgan fingerprint density at radius 1 is 1.26 bits per heavy atom. The molecule has 1 aliphatic carbocycles. The minimum absolute atomic E-state index is 0.311. The van der Waals surface area contributed by atoms with Gasteiger partial charge in [-0.05, 0) is 43.8 Å². The maximum atomic E-state index is 6.56. The van der Waals surface area contributed by atoms with E-state index in [1.807, 2.05) is 13.0 Å². The summed E-state index contributed by atoms with van der Waals surface area (Å²) in [4.78, 5) is 11.1. The van der Waals surface area contributed by atoms with E-state index in [9.17, 15) is 0 Å². The van der Waals surface area contributed by atoms with E-state index in [4.69, 9.17) is 17.3 Å². The van der Waals surface area contributed by atoms with Crippen LogP contribution in [0.5, 0.6) is 0 Å². The molecule has 0 bridgehead atoms. The van der Waals surface area contributed by atoms with Crippen LogP contribution in [0.2, 0.25) is 0 Å². The van der Waals surface area contributed by atoms with Gasteiger partial charge >= 0.3 is 0 Å². The molecule has 4 nitrogen and oxygen atoms in total. The molecule has 2 N–H and O–H groups in total. The summed E-state index contributed by atoms with van der Waals surface area (Å²) in [6.45, 7) is 5.20. The second-order valence-corrected chi connectivity index (χ2v) is 7.11. The van der Waals surface area contributed by atoms with Crippen molar-refractivity contribution in [1.29, 1.82) is 0 Å². The van der Waals surface area contributed by atoms with Gasteiger partial charge in [-0.25, -0.2) is 4.98 Å². The first-order valence-corrected chi connectivity index (χ1v) is 8.87. The molecule has 2 atom stereocenters. The van der Waals surface area contributed by atoms with Crippen molar-refractivity contribution in [2.75, 3.05) is 17.2 Å². The van der Waals surface area contributed by atoms with Crippen LogP contribution >= 0.6 is 11.6 Å². The number of halogens is 1. The number of anilines is 2. The lowest BCUT2D eigenvalue weighted by atomic mass is 9.88. The molecule has 1 aromatic heterocycles. The van der Waals surface area contributed by atoms with Gasteiger partial charge < -0.3 is 10.6 Å². The van der Waals surface area contributed by atoms with Gasteiger partial charge in [-0.15, -0.1) is 0 Å². The molecule has 23 heavy (non-hydrogen) atoms. The van der Waals surface area contributed by atoms with E-state index >= 15 is 0 Å². The molecule has 1 saturated heterocycles. The number of allylic oxidation sites excluding steroid dienone is 3. The van der Waals surface area contributed by atoms with Crippen LogP contribution in [-0.4, -0.2) is 22.6 Å². The van der Waals surface area contributed by atoms with Crippen LogP contribution in [0.1, 0.15) is 44.7 Å². The monoisotopic (exact) mass is 332 g/mol. The highest BCUT2D eigenvalue weighted by Crippen LogP contribution is 2.35. The highest BCUT2D eigenvalue weighted by atomic mass is 35.5. The lowest BCUT2D eigenvalue weighted by Gasteiger charge is -2.35. The third kappa shape index (κ3) is 3.69. The Balaban J connectivity index is 1.99. The Hall–Kier alpha value is -1.55. The summed E-state index contributed by atoms with van der Waals surface area (Å²) in [6.07, 6.45) is 10.1. The molecule has 5 heteroatoms. The summed E-state index contributed by atoms with van der Waals surface area (Å²) in [5.41, 5.74) is 8.14. The Kier molecular flexibility index (Phi) is 4.90. The van der Waals surface area contributed by atoms with Gasteiger partial charge in [0.05, 0.1) is 6.04 Å². The maximum Gasteiger partial charge on any atom is 0.222 e. The Labute approximate surface area is 143 Å². The summed E-state index contributed by atoms with van der Waals surface area (Å²) >= 11 is 6.56. The largest absolute Gasteiger partial charge is 0.368 e. The van der Waals surface area contributed by atoms with Crippen molar-refractivity contribution in [1.82, 2.24) is 9.97 Å². The van der Waals surface area contributed by atoms with Gasteiger partial charge in [-0.2, -0.15) is 4.98 Å². The highest BCUT2D eigenvalue weighted by Gasteiger charge is 2.29. The highest BCUT2D eigenvalue weighted by molar-refractivity contribution is 6.31. The summed E-state index contributed by atoms with van der Waals surface area (Å²) in [5.74, 6) is 1.82. The molecule has 0 spiro atoms. The van der Waals surface area contributed by atoms with Crippen LogP contribution in [-0.2, 0) is 0 Å². The zero-order chi connectivity index (χ0) is 16.4. The summed E-state index contributed by atoms with van der Waals surface area (Å²) < 4.78 is 0. The van der Waals surface area contributed by atoms with Crippen LogP contribution in [0.15, 0.2) is 28.8 Å². The molecule has 3 rings (SSSR count). The average molecular weight is 333 g/mol. The first-order chi connectivity index (χ1) is 11.0. The van der Waals surface area contributed by atoms with Crippen molar-refractivity contribution in [2.24, 2.45) is 5.92 Å². The molecule has 124 valence electrons. The van der Waals surface area contributed by atoms with E-state index in [0.717, 1.165) is 35.9 Å². The lowest BCUT2D eigenvalue weighted by Crippen LogP contribution is -2.38. The summed E-state index contributed by atoms with van der Waals surface area (Å²) in [5, 5.41) is 0.902. The smallest absolute Gasteiger partial charge is 0.222 e. The number of aryl methyl sites for hydroxylation is 1. The first-order valence-electron chi connectivity index (χ1n) is 8.49. The predicted octanol–water partition coefficient (Wildman–Crippen LogP) is 4.21. The van der Waals surface area contributed by atoms with Gasteiger partial charge in [0.25, 0.3) is 0 Å². The quantitative estimate of drug-likeness (QED) is 0.881. The van der Waals surface area contributed by atoms with Gasteiger partial charge in [0, 0.05) is 23.3 Å². The van der Waals surface area contributed by atoms with E-state index < -0.39 is 0 Å². The zero-order valence-corrected chi connectivity index (χ0v) is 14.7. The van der Waals surface area contributed by atoms with Crippen LogP contribution in [0, 0.1) is 12.8 Å². The van der Waals surface area contributed by atoms with E-state index in [-0.39, 0.29) is 0 Å². The third-order valence-electron chi connectivity index (χ3n) is 4.73. The van der Waals surface area contributed by atoms with Crippen molar-refractivity contribution in [2.45, 2.75) is 52.0 Å². The molecule has 0 aromatic carbocycles. The Morgan fingerprint density at radius 2 is 2.09 bits per heavy atom. The number of aromatic nitrogens is 2. The van der Waals surface area contributed by atoms with E-state index in [1.54, 1.807) is 0 Å². The molecule has 1 aliphatic heterocycles. The number of nitrogens with two attached hydrogens (primary N) is 1. The molecule has 0 saturated carbocycles. The second kappa shape index (κ2) is 6.91. The van der Waals surface area contributed by atoms with E-state index in [2.05, 4.69) is 33.9 Å². The van der Waals surface area contributed by atoms with Crippen molar-refractivity contribution in [3.63, 3.8) is 0 Å². The van der Waals surface area contributed by atoms with Gasteiger partial charge in [-0.3, -0.25) is 0 Å². The molecular weight excluding hydrogens is 308 g/mol. The maximum absolute atomic E-state index is 6.56. The normalized spacial score (nSPS) is 25.6. The van der Waals surface area contributed by atoms with Crippen molar-refractivity contribution in [3.8, 4) is 0 Å². The fourth-order valence-corrected chi connectivity index (χ4v) is 3.91. The number of nitrogens with zero attached hydrogens (tertiary/aromatic N) is 3. The van der Waals surface area contributed by atoms with Crippen LogP contribution in [0.3, 0.4) is 0 Å². The molecule has 2 heterocycles. The fraction of sp³-hybridized carbons (Fsp3) is 0.556. The van der Waals surface area contributed by atoms with Gasteiger partial charge in [0.15, 0.2) is 0 Å². The van der Waals surface area contributed by atoms with E-state index in [0.29, 0.717) is 17.9 Å². The molecule has 1 aromatic rings. The van der Waals surface area contributed by atoms with Crippen LogP contribution in [0.4, 0.5) is 11.8 Å². The summed E-state index contributed by atoms with van der Waals surface area (Å²) in [7, 11) is 0. The lowest BCUT2D eigenvalue weighted by molar-refractivity contribution is 0.573. The topological polar surface area (TPSA) is 55.0 Å². The standard InChI is InChI=1S/C18H25ClN4/c1-12-7-8-15(19)14(10-12)16-6-4-3-5-9-23(16)17-11-13(2)21-18(20)22-17/h7-8,11-12,16H,3-6,9-10H2,1-2H3,(H2,20,21,22)/t12?,16-/m0/s1. The third-order valence-corrected chi connectivity index (χ3v) is 5.10. The van der Waals surface area contributed by atoms with Crippen molar-refractivity contribution >= 4 is 23.4 Å². The second-order valence-electron chi connectivity index (χ2n) is 6.70. The minimum atomic E-state index is 0.311. The number of hydrogen-bond acceptors (Lipinski definition) is 4. The average Bonchev–Trinajstić information content (AvgIpc) is 2.74. The molecule has 0 radical (unpaired) electrons. The van der Waals surface area contributed by atoms with Crippen LogP contribution in [0.25, 0.3) is 0 Å². The number of hydrogen-bond donors (Lipinski definition) is 1. The molecule has 1 fully saturated rings. The summed E-state index contributed by atoms with van der Waals surface area (Å²) in [6, 6.07) is 2.34. The number of rotatable bonds is 2. The van der Waals surface area contributed by atoms with Crippen molar-refractivity contribution < 1.29 is 0 Å². The number of nitrogen functional groups attached to an aromatic ring is 1. The predicted molar refractivity (Wildman–Crippen MR) is 96.6 cm³/mol. The molecule has 0 amide bonds. The molecule has 2 aliphatic rings. The van der Waals surface area contributed by atoms with Crippen LogP contribution < -0.4 is 10.6 Å². The Bertz CT molecular complexity index is 618.